The lowest BCUT2D eigenvalue weighted by Crippen LogP contribution is -2.47. The van der Waals surface area contributed by atoms with Gasteiger partial charge in [0.1, 0.15) is 11.6 Å². The van der Waals surface area contributed by atoms with E-state index in [2.05, 4.69) is 44.7 Å². The third-order valence-electron chi connectivity index (χ3n) is 7.31. The maximum Gasteiger partial charge on any atom is 0.278 e. The molecule has 0 aliphatic carbocycles. The SMILES string of the molecule is CCC(C(=O)NC1CCN(Cc2ccccc2)CC1)n1nc(C)c2nn(-c3ccccc3)c(C)c2c1=O. The topological polar surface area (TPSA) is 85.1 Å². The molecule has 37 heavy (non-hydrogen) atoms. The molecule has 192 valence electrons. The fourth-order valence-corrected chi connectivity index (χ4v) is 5.26. The summed E-state index contributed by atoms with van der Waals surface area (Å²) >= 11 is 0. The summed E-state index contributed by atoms with van der Waals surface area (Å²) in [7, 11) is 0. The molecule has 1 atom stereocenters. The Morgan fingerprint density at radius 1 is 1.00 bits per heavy atom. The maximum absolute atomic E-state index is 13.6. The molecule has 1 aliphatic heterocycles. The van der Waals surface area contributed by atoms with Crippen molar-refractivity contribution in [1.29, 1.82) is 0 Å². The molecule has 0 bridgehead atoms. The van der Waals surface area contributed by atoms with Crippen LogP contribution >= 0.6 is 0 Å². The van der Waals surface area contributed by atoms with Gasteiger partial charge in [0.05, 0.1) is 22.5 Å². The number of aromatic nitrogens is 4. The number of carbonyl (C=O) groups is 1. The number of likely N-dealkylation sites (tertiary alicyclic amines) is 1. The van der Waals surface area contributed by atoms with E-state index in [1.54, 1.807) is 4.68 Å². The minimum atomic E-state index is -0.669. The molecule has 2 aromatic carbocycles. The van der Waals surface area contributed by atoms with Crippen LogP contribution in [0.4, 0.5) is 0 Å². The molecule has 8 heteroatoms. The Morgan fingerprint density at radius 2 is 1.65 bits per heavy atom. The van der Waals surface area contributed by atoms with Crippen molar-refractivity contribution in [3.8, 4) is 5.69 Å². The van der Waals surface area contributed by atoms with Crippen LogP contribution in [0.5, 0.6) is 0 Å². The van der Waals surface area contributed by atoms with Crippen LogP contribution in [0, 0.1) is 13.8 Å². The number of carbonyl (C=O) groups excluding carboxylic acids is 1. The van der Waals surface area contributed by atoms with E-state index in [9.17, 15) is 9.59 Å². The Bertz CT molecular complexity index is 1440. The molecule has 0 radical (unpaired) electrons. The number of benzene rings is 2. The lowest BCUT2D eigenvalue weighted by atomic mass is 10.0. The summed E-state index contributed by atoms with van der Waals surface area (Å²) in [5.74, 6) is -0.148. The van der Waals surface area contributed by atoms with Gasteiger partial charge in [-0.25, -0.2) is 9.36 Å². The van der Waals surface area contributed by atoms with Crippen LogP contribution in [0.3, 0.4) is 0 Å². The first-order valence-corrected chi connectivity index (χ1v) is 13.1. The van der Waals surface area contributed by atoms with Gasteiger partial charge in [0, 0.05) is 25.7 Å². The molecule has 1 N–H and O–H groups in total. The van der Waals surface area contributed by atoms with Crippen LogP contribution in [0.25, 0.3) is 16.6 Å². The van der Waals surface area contributed by atoms with Crippen LogP contribution in [-0.2, 0) is 11.3 Å². The van der Waals surface area contributed by atoms with E-state index in [0.29, 0.717) is 23.0 Å². The molecule has 1 unspecified atom stereocenters. The highest BCUT2D eigenvalue weighted by molar-refractivity contribution is 5.84. The van der Waals surface area contributed by atoms with Gasteiger partial charge < -0.3 is 5.32 Å². The van der Waals surface area contributed by atoms with Crippen molar-refractivity contribution in [2.45, 2.75) is 58.7 Å². The third kappa shape index (κ3) is 5.06. The molecule has 2 aromatic heterocycles. The zero-order valence-corrected chi connectivity index (χ0v) is 21.7. The molecule has 0 saturated carbocycles. The lowest BCUT2D eigenvalue weighted by molar-refractivity contribution is -0.125. The minimum absolute atomic E-state index is 0.0941. The summed E-state index contributed by atoms with van der Waals surface area (Å²) in [4.78, 5) is 29.4. The highest BCUT2D eigenvalue weighted by Crippen LogP contribution is 2.22. The third-order valence-corrected chi connectivity index (χ3v) is 7.31. The van der Waals surface area contributed by atoms with Crippen LogP contribution < -0.4 is 10.9 Å². The quantitative estimate of drug-likeness (QED) is 0.417. The van der Waals surface area contributed by atoms with Gasteiger partial charge in [-0.15, -0.1) is 0 Å². The fraction of sp³-hybridized carbons (Fsp3) is 0.379. The first kappa shape index (κ1) is 24.9. The highest BCUT2D eigenvalue weighted by atomic mass is 16.2. The van der Waals surface area contributed by atoms with E-state index in [1.807, 2.05) is 57.2 Å². The normalized spacial score (nSPS) is 15.6. The Hall–Kier alpha value is -3.78. The molecular weight excluding hydrogens is 464 g/mol. The molecule has 8 nitrogen and oxygen atoms in total. The summed E-state index contributed by atoms with van der Waals surface area (Å²) in [5.41, 5.74) is 3.85. The van der Waals surface area contributed by atoms with Crippen molar-refractivity contribution < 1.29 is 4.79 Å². The molecule has 5 rings (SSSR count). The monoisotopic (exact) mass is 498 g/mol. The van der Waals surface area contributed by atoms with Crippen molar-refractivity contribution in [2.75, 3.05) is 13.1 Å². The first-order chi connectivity index (χ1) is 18.0. The zero-order valence-electron chi connectivity index (χ0n) is 21.7. The van der Waals surface area contributed by atoms with Gasteiger partial charge >= 0.3 is 0 Å². The number of nitrogens with one attached hydrogen (secondary N) is 1. The minimum Gasteiger partial charge on any atom is -0.351 e. The number of nitrogens with zero attached hydrogens (tertiary/aromatic N) is 5. The van der Waals surface area contributed by atoms with Gasteiger partial charge in [-0.1, -0.05) is 55.5 Å². The standard InChI is InChI=1S/C29H34N6O2/c1-4-25(28(36)30-23-15-17-33(18-16-23)19-22-11-7-5-8-12-22)35-29(37)26-21(3)34(24-13-9-6-10-14-24)32-27(26)20(2)31-35/h5-14,23,25H,4,15-19H2,1-3H3,(H,30,36). The van der Waals surface area contributed by atoms with Crippen molar-refractivity contribution >= 4 is 16.8 Å². The van der Waals surface area contributed by atoms with Crippen molar-refractivity contribution in [3.63, 3.8) is 0 Å². The Balaban J connectivity index is 1.33. The number of hydrogen-bond donors (Lipinski definition) is 1. The lowest BCUT2D eigenvalue weighted by Gasteiger charge is -2.33. The molecular formula is C29H34N6O2. The summed E-state index contributed by atoms with van der Waals surface area (Å²) in [6, 6.07) is 19.6. The summed E-state index contributed by atoms with van der Waals surface area (Å²) in [5, 5.41) is 13.0. The zero-order chi connectivity index (χ0) is 25.9. The summed E-state index contributed by atoms with van der Waals surface area (Å²) < 4.78 is 3.14. The van der Waals surface area contributed by atoms with Crippen LogP contribution in [0.15, 0.2) is 65.5 Å². The number of hydrogen-bond acceptors (Lipinski definition) is 5. The van der Waals surface area contributed by atoms with E-state index >= 15 is 0 Å². The first-order valence-electron chi connectivity index (χ1n) is 13.1. The second-order valence-corrected chi connectivity index (χ2v) is 9.86. The molecule has 0 spiro atoms. The van der Waals surface area contributed by atoms with Crippen molar-refractivity contribution in [2.24, 2.45) is 0 Å². The van der Waals surface area contributed by atoms with E-state index in [-0.39, 0.29) is 17.5 Å². The smallest absolute Gasteiger partial charge is 0.278 e. The van der Waals surface area contributed by atoms with E-state index in [1.165, 1.54) is 10.2 Å². The number of amides is 1. The van der Waals surface area contributed by atoms with Gasteiger partial charge in [0.2, 0.25) is 5.91 Å². The molecule has 3 heterocycles. The van der Waals surface area contributed by atoms with Gasteiger partial charge in [0.25, 0.3) is 5.56 Å². The highest BCUT2D eigenvalue weighted by Gasteiger charge is 2.28. The predicted octanol–water partition coefficient (Wildman–Crippen LogP) is 3.93. The molecule has 4 aromatic rings. The second-order valence-electron chi connectivity index (χ2n) is 9.86. The van der Waals surface area contributed by atoms with Gasteiger partial charge in [-0.05, 0) is 50.8 Å². The second kappa shape index (κ2) is 10.7. The van der Waals surface area contributed by atoms with Gasteiger partial charge in [-0.2, -0.15) is 10.2 Å². The number of rotatable bonds is 7. The van der Waals surface area contributed by atoms with Crippen molar-refractivity contribution in [3.05, 3.63) is 88.0 Å². The number of aryl methyl sites for hydroxylation is 2. The average Bonchev–Trinajstić information content (AvgIpc) is 3.27. The van der Waals surface area contributed by atoms with Gasteiger partial charge in [0.15, 0.2) is 0 Å². The van der Waals surface area contributed by atoms with Crippen LogP contribution in [0.1, 0.15) is 49.2 Å². The molecule has 1 saturated heterocycles. The number of piperidine rings is 1. The summed E-state index contributed by atoms with van der Waals surface area (Å²) in [6.45, 7) is 8.43. The van der Waals surface area contributed by atoms with Gasteiger partial charge in [-0.3, -0.25) is 14.5 Å². The molecule has 1 amide bonds. The van der Waals surface area contributed by atoms with E-state index in [4.69, 9.17) is 0 Å². The largest absolute Gasteiger partial charge is 0.351 e. The Morgan fingerprint density at radius 3 is 2.30 bits per heavy atom. The average molecular weight is 499 g/mol. The molecule has 1 fully saturated rings. The Labute approximate surface area is 216 Å². The molecule has 1 aliphatic rings. The predicted molar refractivity (Wildman–Crippen MR) is 145 cm³/mol. The maximum atomic E-state index is 13.6. The van der Waals surface area contributed by atoms with Crippen LogP contribution in [0.2, 0.25) is 0 Å². The Kier molecular flexibility index (Phi) is 7.19. The fourth-order valence-electron chi connectivity index (χ4n) is 5.26. The number of para-hydroxylation sites is 1. The van der Waals surface area contributed by atoms with Crippen LogP contribution in [-0.4, -0.2) is 49.5 Å². The van der Waals surface area contributed by atoms with E-state index in [0.717, 1.165) is 43.9 Å². The van der Waals surface area contributed by atoms with E-state index < -0.39 is 6.04 Å². The number of fused-ring (bicyclic) bond motifs is 1. The summed E-state index contributed by atoms with van der Waals surface area (Å²) in [6.07, 6.45) is 2.25. The van der Waals surface area contributed by atoms with Crippen molar-refractivity contribution in [1.82, 2.24) is 29.8 Å².